The lowest BCUT2D eigenvalue weighted by molar-refractivity contribution is -0.137. The van der Waals surface area contributed by atoms with Gasteiger partial charge in [-0.3, -0.25) is 14.5 Å². The lowest BCUT2D eigenvalue weighted by atomic mass is 9.98. The Kier molecular flexibility index (Phi) is 6.46. The van der Waals surface area contributed by atoms with Crippen LogP contribution in [0.3, 0.4) is 0 Å². The number of ether oxygens (including phenoxy) is 1. The maximum Gasteiger partial charge on any atom is 0.416 e. The third kappa shape index (κ3) is 4.68. The number of carbonyl (C=O) groups is 2. The first-order valence-corrected chi connectivity index (χ1v) is 11.7. The molecule has 1 aromatic heterocycles. The van der Waals surface area contributed by atoms with Crippen LogP contribution >= 0.6 is 11.3 Å². The van der Waals surface area contributed by atoms with Gasteiger partial charge in [-0.1, -0.05) is 18.2 Å². The Balaban J connectivity index is 1.91. The van der Waals surface area contributed by atoms with E-state index in [1.54, 1.807) is 42.6 Å². The molecule has 1 atom stereocenters. The number of alkyl halides is 3. The predicted octanol–water partition coefficient (Wildman–Crippen LogP) is 6.49. The average molecular weight is 502 g/mol. The number of anilines is 1. The van der Waals surface area contributed by atoms with Crippen LogP contribution in [0.15, 0.2) is 65.6 Å². The second-order valence-corrected chi connectivity index (χ2v) is 9.33. The average Bonchev–Trinajstić information content (AvgIpc) is 3.33. The van der Waals surface area contributed by atoms with Crippen molar-refractivity contribution in [2.45, 2.75) is 39.1 Å². The fourth-order valence-corrected chi connectivity index (χ4v) is 5.01. The number of nitrogens with zero attached hydrogens (tertiary/aromatic N) is 1. The SMILES string of the molecule is Cc1ccsc1C1/C(=C(/O)c2cccc(OC(C)C)c2)C(=O)C(=O)N1c1cccc(C(F)(F)F)c1. The van der Waals surface area contributed by atoms with Crippen LogP contribution in [0.1, 0.15) is 41.5 Å². The molecule has 0 bridgehead atoms. The lowest BCUT2D eigenvalue weighted by Crippen LogP contribution is -2.29. The van der Waals surface area contributed by atoms with E-state index in [0.29, 0.717) is 10.6 Å². The predicted molar refractivity (Wildman–Crippen MR) is 127 cm³/mol. The molecule has 0 radical (unpaired) electrons. The molecule has 1 N–H and O–H groups in total. The van der Waals surface area contributed by atoms with Gasteiger partial charge >= 0.3 is 6.18 Å². The van der Waals surface area contributed by atoms with Crippen LogP contribution in [-0.2, 0) is 15.8 Å². The molecule has 0 saturated carbocycles. The number of aliphatic hydroxyl groups is 1. The van der Waals surface area contributed by atoms with E-state index in [0.717, 1.165) is 22.6 Å². The fraction of sp³-hybridized carbons (Fsp3) is 0.231. The van der Waals surface area contributed by atoms with E-state index < -0.39 is 35.2 Å². The first-order valence-electron chi connectivity index (χ1n) is 10.8. The van der Waals surface area contributed by atoms with Gasteiger partial charge in [-0.05, 0) is 68.1 Å². The largest absolute Gasteiger partial charge is 0.507 e. The summed E-state index contributed by atoms with van der Waals surface area (Å²) in [7, 11) is 0. The standard InChI is InChI=1S/C26H22F3NO4S/c1-14(2)34-19-9-4-6-16(12-19)22(31)20-21(24-15(3)10-11-35-24)30(25(33)23(20)32)18-8-5-7-17(13-18)26(27,28)29/h4-14,21,31H,1-3H3/b22-20-. The third-order valence-electron chi connectivity index (χ3n) is 5.53. The molecule has 0 spiro atoms. The molecule has 182 valence electrons. The van der Waals surface area contributed by atoms with Crippen LogP contribution in [0.25, 0.3) is 5.76 Å². The molecule has 1 aliphatic rings. The van der Waals surface area contributed by atoms with Gasteiger partial charge in [-0.2, -0.15) is 13.2 Å². The molecule has 1 unspecified atom stereocenters. The van der Waals surface area contributed by atoms with Gasteiger partial charge in [0.2, 0.25) is 0 Å². The highest BCUT2D eigenvalue weighted by molar-refractivity contribution is 7.10. The second-order valence-electron chi connectivity index (χ2n) is 8.38. The first kappa shape index (κ1) is 24.5. The van der Waals surface area contributed by atoms with E-state index in [1.807, 2.05) is 13.8 Å². The number of hydrogen-bond donors (Lipinski definition) is 1. The smallest absolute Gasteiger partial charge is 0.416 e. The summed E-state index contributed by atoms with van der Waals surface area (Å²) < 4.78 is 45.8. The number of thiophene rings is 1. The van der Waals surface area contributed by atoms with E-state index in [4.69, 9.17) is 4.74 Å². The highest BCUT2D eigenvalue weighted by Gasteiger charge is 2.48. The van der Waals surface area contributed by atoms with E-state index >= 15 is 0 Å². The van der Waals surface area contributed by atoms with Crippen LogP contribution in [0.5, 0.6) is 5.75 Å². The summed E-state index contributed by atoms with van der Waals surface area (Å²) in [6.07, 6.45) is -4.76. The van der Waals surface area contributed by atoms with Crippen molar-refractivity contribution in [2.75, 3.05) is 4.90 Å². The molecular formula is C26H22F3NO4S. The number of hydrogen-bond acceptors (Lipinski definition) is 5. The molecule has 1 amide bonds. The van der Waals surface area contributed by atoms with E-state index in [1.165, 1.54) is 23.5 Å². The highest BCUT2D eigenvalue weighted by Crippen LogP contribution is 2.45. The van der Waals surface area contributed by atoms with Gasteiger partial charge < -0.3 is 9.84 Å². The fourth-order valence-electron chi connectivity index (χ4n) is 3.99. The summed E-state index contributed by atoms with van der Waals surface area (Å²) in [6.45, 7) is 5.45. The number of Topliss-reactive ketones (excluding diaryl/α,β-unsaturated/α-hetero) is 1. The van der Waals surface area contributed by atoms with Crippen molar-refractivity contribution in [1.82, 2.24) is 0 Å². The van der Waals surface area contributed by atoms with Crippen molar-refractivity contribution < 1.29 is 32.6 Å². The van der Waals surface area contributed by atoms with E-state index in [9.17, 15) is 27.9 Å². The van der Waals surface area contributed by atoms with Crippen LogP contribution < -0.4 is 9.64 Å². The third-order valence-corrected chi connectivity index (χ3v) is 6.60. The summed E-state index contributed by atoms with van der Waals surface area (Å²) in [6, 6.07) is 11.4. The Morgan fingerprint density at radius 1 is 1.09 bits per heavy atom. The van der Waals surface area contributed by atoms with Gasteiger partial charge in [0.05, 0.1) is 17.2 Å². The Bertz CT molecular complexity index is 1330. The van der Waals surface area contributed by atoms with Crippen LogP contribution in [0.2, 0.25) is 0 Å². The van der Waals surface area contributed by atoms with Crippen molar-refractivity contribution in [3.05, 3.63) is 87.1 Å². The normalized spacial score (nSPS) is 17.9. The van der Waals surface area contributed by atoms with Crippen molar-refractivity contribution in [3.8, 4) is 5.75 Å². The quantitative estimate of drug-likeness (QED) is 0.247. The molecule has 0 aliphatic carbocycles. The Labute approximate surface area is 204 Å². The monoisotopic (exact) mass is 501 g/mol. The summed E-state index contributed by atoms with van der Waals surface area (Å²) in [5.74, 6) is -1.96. The van der Waals surface area contributed by atoms with Crippen molar-refractivity contribution >= 4 is 34.5 Å². The number of halogens is 3. The zero-order valence-electron chi connectivity index (χ0n) is 19.1. The van der Waals surface area contributed by atoms with E-state index in [2.05, 4.69) is 0 Å². The number of benzene rings is 2. The molecule has 2 heterocycles. The maximum atomic E-state index is 13.4. The first-order chi connectivity index (χ1) is 16.5. The lowest BCUT2D eigenvalue weighted by Gasteiger charge is -2.25. The molecule has 35 heavy (non-hydrogen) atoms. The number of amides is 1. The van der Waals surface area contributed by atoms with Crippen molar-refractivity contribution in [3.63, 3.8) is 0 Å². The molecular weight excluding hydrogens is 479 g/mol. The van der Waals surface area contributed by atoms with Gasteiger partial charge in [0.15, 0.2) is 0 Å². The number of ketones is 1. The molecule has 3 aromatic rings. The Hall–Kier alpha value is -3.59. The Morgan fingerprint density at radius 3 is 2.43 bits per heavy atom. The van der Waals surface area contributed by atoms with Crippen LogP contribution in [0, 0.1) is 6.92 Å². The summed E-state index contributed by atoms with van der Waals surface area (Å²) in [5.41, 5.74) is -0.238. The molecule has 5 nitrogen and oxygen atoms in total. The van der Waals surface area contributed by atoms with Gasteiger partial charge in [-0.15, -0.1) is 11.3 Å². The zero-order valence-corrected chi connectivity index (χ0v) is 19.9. The number of aryl methyl sites for hydroxylation is 1. The van der Waals surface area contributed by atoms with Crippen molar-refractivity contribution in [1.29, 1.82) is 0 Å². The Morgan fingerprint density at radius 2 is 1.80 bits per heavy atom. The molecule has 1 aliphatic heterocycles. The topological polar surface area (TPSA) is 66.8 Å². The van der Waals surface area contributed by atoms with Gasteiger partial charge in [0.25, 0.3) is 11.7 Å². The number of aliphatic hydroxyl groups excluding tert-OH is 1. The zero-order chi connectivity index (χ0) is 25.5. The van der Waals surface area contributed by atoms with Crippen LogP contribution in [0.4, 0.5) is 18.9 Å². The molecule has 1 fully saturated rings. The minimum Gasteiger partial charge on any atom is -0.507 e. The van der Waals surface area contributed by atoms with Gasteiger partial charge in [-0.25, -0.2) is 0 Å². The van der Waals surface area contributed by atoms with Crippen LogP contribution in [-0.4, -0.2) is 22.9 Å². The molecule has 9 heteroatoms. The summed E-state index contributed by atoms with van der Waals surface area (Å²) in [5, 5.41) is 13.0. The van der Waals surface area contributed by atoms with Gasteiger partial charge in [0.1, 0.15) is 17.6 Å². The summed E-state index contributed by atoms with van der Waals surface area (Å²) in [4.78, 5) is 28.0. The second kappa shape index (κ2) is 9.22. The van der Waals surface area contributed by atoms with Gasteiger partial charge in [0, 0.05) is 16.1 Å². The highest BCUT2D eigenvalue weighted by atomic mass is 32.1. The maximum absolute atomic E-state index is 13.4. The van der Waals surface area contributed by atoms with E-state index in [-0.39, 0.29) is 22.9 Å². The molecule has 4 rings (SSSR count). The minimum absolute atomic E-state index is 0.0873. The number of carbonyl (C=O) groups excluding carboxylic acids is 2. The molecule has 2 aromatic carbocycles. The number of rotatable bonds is 5. The minimum atomic E-state index is -4.63. The van der Waals surface area contributed by atoms with Crippen molar-refractivity contribution in [2.24, 2.45) is 0 Å². The summed E-state index contributed by atoms with van der Waals surface area (Å²) >= 11 is 1.25. The molecule has 1 saturated heterocycles.